The van der Waals surface area contributed by atoms with E-state index in [2.05, 4.69) is 44.1 Å². The third-order valence-electron chi connectivity index (χ3n) is 9.51. The number of hydrogen-bond donors (Lipinski definition) is 7. The van der Waals surface area contributed by atoms with Crippen LogP contribution in [0.15, 0.2) is 115 Å². The summed E-state index contributed by atoms with van der Waals surface area (Å²) in [6.45, 7) is 1.39. The molecule has 5 aromatic carbocycles. The van der Waals surface area contributed by atoms with Gasteiger partial charge < -0.3 is 36.1 Å². The van der Waals surface area contributed by atoms with Gasteiger partial charge in [0.1, 0.15) is 11.5 Å². The number of hydrogen-bond acceptors (Lipinski definition) is 6. The molecule has 7 aromatic rings. The normalized spacial score (nSPS) is 15.9. The molecule has 2 amide bonds. The lowest BCUT2D eigenvalue weighted by atomic mass is 9.95. The number of aldehydes is 1. The maximum atomic E-state index is 12.5. The molecule has 10 nitrogen and oxygen atoms in total. The van der Waals surface area contributed by atoms with E-state index in [4.69, 9.17) is 0 Å². The number of phenolic OH excluding ortho intramolecular Hbond substituents is 2. The lowest BCUT2D eigenvalue weighted by Gasteiger charge is -2.15. The van der Waals surface area contributed by atoms with Crippen LogP contribution in [0, 0.1) is 0 Å². The van der Waals surface area contributed by atoms with Gasteiger partial charge in [0.2, 0.25) is 0 Å². The Morgan fingerprint density at radius 3 is 1.75 bits per heavy atom. The van der Waals surface area contributed by atoms with Crippen molar-refractivity contribution in [2.45, 2.75) is 25.2 Å². The van der Waals surface area contributed by atoms with Gasteiger partial charge in [-0.15, -0.1) is 0 Å². The minimum atomic E-state index is -0.453. The molecule has 51 heavy (non-hydrogen) atoms. The topological polar surface area (TPSA) is 159 Å². The average Bonchev–Trinajstić information content (AvgIpc) is 3.88. The Hall–Kier alpha value is -6.65. The van der Waals surface area contributed by atoms with Crippen LogP contribution in [0.3, 0.4) is 0 Å². The molecule has 2 atom stereocenters. The highest BCUT2D eigenvalue weighted by molar-refractivity contribution is 6.03. The lowest BCUT2D eigenvalue weighted by molar-refractivity contribution is 0.0952. The van der Waals surface area contributed by atoms with Crippen molar-refractivity contribution in [3.63, 3.8) is 0 Å². The summed E-state index contributed by atoms with van der Waals surface area (Å²) in [5.41, 5.74) is 8.93. The lowest BCUT2D eigenvalue weighted by Crippen LogP contribution is -2.22. The number of fused-ring (bicyclic) bond motifs is 4. The summed E-state index contributed by atoms with van der Waals surface area (Å²) in [4.78, 5) is 42.6. The third-order valence-corrected chi connectivity index (χ3v) is 9.51. The van der Waals surface area contributed by atoms with Crippen LogP contribution in [0.2, 0.25) is 0 Å². The van der Waals surface area contributed by atoms with Gasteiger partial charge in [0.25, 0.3) is 11.8 Å². The van der Waals surface area contributed by atoms with Gasteiger partial charge in [0.15, 0.2) is 6.29 Å². The highest BCUT2D eigenvalue weighted by atomic mass is 16.3. The van der Waals surface area contributed by atoms with Gasteiger partial charge in [-0.3, -0.25) is 14.4 Å². The van der Waals surface area contributed by atoms with Crippen molar-refractivity contribution >= 4 is 39.9 Å². The molecular weight excluding hydrogens is 642 g/mol. The van der Waals surface area contributed by atoms with Crippen LogP contribution in [-0.4, -0.2) is 38.3 Å². The first kappa shape index (κ1) is 31.6. The number of para-hydroxylation sites is 2. The molecule has 10 heteroatoms. The van der Waals surface area contributed by atoms with Crippen molar-refractivity contribution in [1.29, 1.82) is 0 Å². The molecule has 0 saturated heterocycles. The summed E-state index contributed by atoms with van der Waals surface area (Å²) in [7, 11) is 0. The smallest absolute Gasteiger partial charge is 0.252 e. The summed E-state index contributed by atoms with van der Waals surface area (Å²) in [6.07, 6.45) is 0.752. The van der Waals surface area contributed by atoms with E-state index in [9.17, 15) is 24.6 Å². The number of aromatic amines is 2. The molecule has 2 unspecified atom stereocenters. The third kappa shape index (κ3) is 5.77. The van der Waals surface area contributed by atoms with Gasteiger partial charge in [-0.2, -0.15) is 0 Å². The summed E-state index contributed by atoms with van der Waals surface area (Å²) >= 11 is 0. The van der Waals surface area contributed by atoms with Gasteiger partial charge in [-0.1, -0.05) is 66.7 Å². The standard InChI is InChI=1S/C24H21N3O2.C17H12N2O3/c28-16-10-11-17-19(12-16)23(27-24(17)29)22-18-8-4-5-9-20(18)26-21(22)14-25-13-15-6-2-1-3-7-15;20-8-14-15(11-3-1-2-4-13(11)18-14)16-12-7-9(21)5-6-10(12)17(22)19-16/h1-12,23,25-26,28H,13-14H2,(H,27,29);1-8,16,18,21H,(H,19,22). The predicted octanol–water partition coefficient (Wildman–Crippen LogP) is 6.51. The van der Waals surface area contributed by atoms with Crippen LogP contribution in [0.1, 0.15) is 76.8 Å². The predicted molar refractivity (Wildman–Crippen MR) is 194 cm³/mol. The minimum Gasteiger partial charge on any atom is -0.508 e. The van der Waals surface area contributed by atoms with E-state index in [1.54, 1.807) is 30.3 Å². The summed E-state index contributed by atoms with van der Waals surface area (Å²) in [6, 6.07) is 34.7. The average molecular weight is 676 g/mol. The van der Waals surface area contributed by atoms with Crippen molar-refractivity contribution in [3.05, 3.63) is 166 Å². The van der Waals surface area contributed by atoms with Crippen LogP contribution in [0.25, 0.3) is 21.8 Å². The van der Waals surface area contributed by atoms with E-state index in [-0.39, 0.29) is 29.4 Å². The number of nitrogens with one attached hydrogen (secondary N) is 5. The number of rotatable bonds is 7. The summed E-state index contributed by atoms with van der Waals surface area (Å²) in [5.74, 6) is -0.0674. The van der Waals surface area contributed by atoms with Crippen LogP contribution in [-0.2, 0) is 13.1 Å². The van der Waals surface area contributed by atoms with Gasteiger partial charge in [0, 0.05) is 62.8 Å². The fraction of sp³-hybridized carbons (Fsp3) is 0.0976. The quantitative estimate of drug-likeness (QED) is 0.0954. The number of aromatic hydroxyl groups is 2. The zero-order chi connectivity index (χ0) is 35.1. The fourth-order valence-electron chi connectivity index (χ4n) is 7.22. The Morgan fingerprint density at radius 1 is 0.608 bits per heavy atom. The number of benzene rings is 5. The Balaban J connectivity index is 0.000000152. The van der Waals surface area contributed by atoms with E-state index in [1.165, 1.54) is 11.6 Å². The van der Waals surface area contributed by atoms with E-state index in [0.717, 1.165) is 57.0 Å². The fourth-order valence-corrected chi connectivity index (χ4v) is 7.22. The minimum absolute atomic E-state index is 0.0905. The number of carbonyl (C=O) groups is 3. The zero-order valence-corrected chi connectivity index (χ0v) is 27.2. The molecule has 9 rings (SSSR count). The van der Waals surface area contributed by atoms with Gasteiger partial charge in [0.05, 0.1) is 17.8 Å². The van der Waals surface area contributed by atoms with E-state index >= 15 is 0 Å². The maximum absolute atomic E-state index is 12.5. The van der Waals surface area contributed by atoms with Crippen molar-refractivity contribution in [2.24, 2.45) is 0 Å². The molecule has 0 aliphatic carbocycles. The van der Waals surface area contributed by atoms with Crippen molar-refractivity contribution in [3.8, 4) is 11.5 Å². The van der Waals surface area contributed by atoms with Crippen LogP contribution >= 0.6 is 0 Å². The number of amides is 2. The second-order valence-corrected chi connectivity index (χ2v) is 12.6. The first-order chi connectivity index (χ1) is 24.9. The highest BCUT2D eigenvalue weighted by Gasteiger charge is 2.34. The first-order valence-corrected chi connectivity index (χ1v) is 16.6. The second-order valence-electron chi connectivity index (χ2n) is 12.6. The van der Waals surface area contributed by atoms with Crippen LogP contribution < -0.4 is 16.0 Å². The zero-order valence-electron chi connectivity index (χ0n) is 27.2. The Bertz CT molecular complexity index is 2470. The molecular formula is C41H33N5O5. The van der Waals surface area contributed by atoms with Gasteiger partial charge in [-0.05, 0) is 65.2 Å². The SMILES string of the molecule is O=C1NC(c2c(CNCc3ccccc3)[nH]c3ccccc23)c2cc(O)ccc21.O=Cc1[nH]c2ccccc2c1C1NC(=O)c2ccc(O)cc21. The molecule has 0 bridgehead atoms. The Kier molecular flexibility index (Phi) is 8.05. The summed E-state index contributed by atoms with van der Waals surface area (Å²) < 4.78 is 0. The van der Waals surface area contributed by atoms with E-state index in [0.29, 0.717) is 28.9 Å². The molecule has 7 N–H and O–H groups in total. The van der Waals surface area contributed by atoms with Crippen LogP contribution in [0.4, 0.5) is 0 Å². The van der Waals surface area contributed by atoms with Crippen LogP contribution in [0.5, 0.6) is 11.5 Å². The first-order valence-electron chi connectivity index (χ1n) is 16.6. The molecule has 2 aliphatic heterocycles. The van der Waals surface area contributed by atoms with E-state index < -0.39 is 6.04 Å². The van der Waals surface area contributed by atoms with E-state index in [1.807, 2.05) is 60.7 Å². The molecule has 0 spiro atoms. The Labute approximate surface area is 292 Å². The number of H-pyrrole nitrogens is 2. The maximum Gasteiger partial charge on any atom is 0.252 e. The molecule has 2 aromatic heterocycles. The van der Waals surface area contributed by atoms with Gasteiger partial charge in [-0.25, -0.2) is 0 Å². The molecule has 0 radical (unpaired) electrons. The molecule has 252 valence electrons. The molecule has 4 heterocycles. The summed E-state index contributed by atoms with van der Waals surface area (Å²) in [5, 5.41) is 31.1. The molecule has 0 fully saturated rings. The number of aromatic nitrogens is 2. The number of carbonyl (C=O) groups excluding carboxylic acids is 3. The largest absolute Gasteiger partial charge is 0.508 e. The van der Waals surface area contributed by atoms with Gasteiger partial charge >= 0.3 is 0 Å². The monoisotopic (exact) mass is 675 g/mol. The number of phenols is 2. The molecule has 0 saturated carbocycles. The second kappa shape index (κ2) is 13.0. The molecule has 2 aliphatic rings. The van der Waals surface area contributed by atoms with Crippen molar-refractivity contribution in [2.75, 3.05) is 0 Å². The Morgan fingerprint density at radius 2 is 1.14 bits per heavy atom. The highest BCUT2D eigenvalue weighted by Crippen LogP contribution is 2.39. The van der Waals surface area contributed by atoms with Crippen molar-refractivity contribution in [1.82, 2.24) is 25.9 Å². The van der Waals surface area contributed by atoms with Crippen molar-refractivity contribution < 1.29 is 24.6 Å².